The van der Waals surface area contributed by atoms with E-state index in [1.165, 1.54) is 0 Å². The van der Waals surface area contributed by atoms with E-state index in [0.717, 1.165) is 25.1 Å². The lowest BCUT2D eigenvalue weighted by atomic mass is 10.1. The highest BCUT2D eigenvalue weighted by Crippen LogP contribution is 2.33. The molecule has 19 heavy (non-hydrogen) atoms. The first-order chi connectivity index (χ1) is 9.31. The fourth-order valence-corrected chi connectivity index (χ4v) is 2.79. The number of likely N-dealkylation sites (tertiary alicyclic amines) is 1. The van der Waals surface area contributed by atoms with Crippen molar-refractivity contribution in [1.29, 1.82) is 0 Å². The highest BCUT2D eigenvalue weighted by Gasteiger charge is 2.31. The maximum absolute atomic E-state index is 12.6. The third-order valence-corrected chi connectivity index (χ3v) is 3.76. The van der Waals surface area contributed by atoms with E-state index in [2.05, 4.69) is 5.32 Å². The predicted octanol–water partition coefficient (Wildman–Crippen LogP) is 1.09. The first-order valence-corrected chi connectivity index (χ1v) is 6.73. The van der Waals surface area contributed by atoms with Crippen molar-refractivity contribution in [2.45, 2.75) is 18.9 Å². The Morgan fingerprint density at radius 2 is 2.42 bits per heavy atom. The number of rotatable bonds is 2. The fraction of sp³-hybridized carbons (Fsp3) is 0.500. The molecule has 0 saturated carbocycles. The summed E-state index contributed by atoms with van der Waals surface area (Å²) in [5, 5.41) is 12.6. The monoisotopic (exact) mass is 262 g/mol. The van der Waals surface area contributed by atoms with Gasteiger partial charge in [-0.2, -0.15) is 0 Å². The zero-order chi connectivity index (χ0) is 13.2. The maximum atomic E-state index is 12.6. The van der Waals surface area contributed by atoms with E-state index >= 15 is 0 Å². The molecule has 1 fully saturated rings. The number of carbonyl (C=O) groups is 1. The van der Waals surface area contributed by atoms with Gasteiger partial charge in [0.2, 0.25) is 0 Å². The van der Waals surface area contributed by atoms with E-state index in [1.807, 2.05) is 12.1 Å². The van der Waals surface area contributed by atoms with Gasteiger partial charge in [0, 0.05) is 13.1 Å². The number of benzene rings is 1. The molecule has 1 saturated heterocycles. The molecule has 0 radical (unpaired) electrons. The molecule has 0 unspecified atom stereocenters. The topological polar surface area (TPSA) is 61.8 Å². The number of para-hydroxylation sites is 1. The Hall–Kier alpha value is -1.75. The lowest BCUT2D eigenvalue weighted by Crippen LogP contribution is -2.38. The van der Waals surface area contributed by atoms with Crippen LogP contribution in [0.2, 0.25) is 0 Å². The minimum absolute atomic E-state index is 0.0276. The van der Waals surface area contributed by atoms with Gasteiger partial charge >= 0.3 is 0 Å². The van der Waals surface area contributed by atoms with E-state index in [-0.39, 0.29) is 18.6 Å². The molecule has 5 heteroatoms. The number of aliphatic hydroxyl groups is 1. The van der Waals surface area contributed by atoms with Crippen LogP contribution in [0, 0.1) is 0 Å². The summed E-state index contributed by atoms with van der Waals surface area (Å²) in [6.07, 6.45) is 1.82. The van der Waals surface area contributed by atoms with Gasteiger partial charge in [0.05, 0.1) is 23.9 Å². The highest BCUT2D eigenvalue weighted by molar-refractivity contribution is 5.99. The highest BCUT2D eigenvalue weighted by atomic mass is 16.5. The Bertz CT molecular complexity index is 490. The van der Waals surface area contributed by atoms with Crippen LogP contribution >= 0.6 is 0 Å². The third-order valence-electron chi connectivity index (χ3n) is 3.76. The summed E-state index contributed by atoms with van der Waals surface area (Å²) < 4.78 is 5.63. The fourth-order valence-electron chi connectivity index (χ4n) is 2.79. The van der Waals surface area contributed by atoms with Gasteiger partial charge in [-0.1, -0.05) is 6.07 Å². The second-order valence-corrected chi connectivity index (χ2v) is 4.93. The molecule has 1 amide bonds. The molecular weight excluding hydrogens is 244 g/mol. The van der Waals surface area contributed by atoms with Gasteiger partial charge in [-0.25, -0.2) is 0 Å². The van der Waals surface area contributed by atoms with Crippen molar-refractivity contribution in [2.24, 2.45) is 0 Å². The average molecular weight is 262 g/mol. The molecule has 0 bridgehead atoms. The minimum atomic E-state index is -0.0556. The number of amides is 1. The number of aliphatic hydroxyl groups excluding tert-OH is 1. The van der Waals surface area contributed by atoms with Crippen LogP contribution in [0.4, 0.5) is 5.69 Å². The van der Waals surface area contributed by atoms with Gasteiger partial charge < -0.3 is 20.1 Å². The van der Waals surface area contributed by atoms with Crippen molar-refractivity contribution >= 4 is 11.6 Å². The number of fused-ring (bicyclic) bond motifs is 1. The van der Waals surface area contributed by atoms with Gasteiger partial charge in [0.25, 0.3) is 5.91 Å². The van der Waals surface area contributed by atoms with Crippen LogP contribution < -0.4 is 10.1 Å². The average Bonchev–Trinajstić information content (AvgIpc) is 2.94. The quantitative estimate of drug-likeness (QED) is 0.837. The predicted molar refractivity (Wildman–Crippen MR) is 71.6 cm³/mol. The van der Waals surface area contributed by atoms with Gasteiger partial charge in [-0.05, 0) is 25.0 Å². The lowest BCUT2D eigenvalue weighted by molar-refractivity contribution is 0.0673. The largest absolute Gasteiger partial charge is 0.489 e. The molecule has 2 N–H and O–H groups in total. The Kier molecular flexibility index (Phi) is 3.29. The summed E-state index contributed by atoms with van der Waals surface area (Å²) in [4.78, 5) is 14.4. The van der Waals surface area contributed by atoms with Crippen molar-refractivity contribution in [2.75, 3.05) is 31.6 Å². The molecule has 0 spiro atoms. The molecule has 3 rings (SSSR count). The number of ether oxygens (including phenoxy) is 1. The van der Waals surface area contributed by atoms with E-state index in [1.54, 1.807) is 11.0 Å². The molecule has 1 aromatic rings. The summed E-state index contributed by atoms with van der Waals surface area (Å²) in [7, 11) is 0. The van der Waals surface area contributed by atoms with Crippen LogP contribution in [-0.4, -0.2) is 48.3 Å². The number of anilines is 1. The van der Waals surface area contributed by atoms with E-state index < -0.39 is 0 Å². The van der Waals surface area contributed by atoms with Gasteiger partial charge in [0.1, 0.15) is 6.61 Å². The molecule has 1 aromatic carbocycles. The van der Waals surface area contributed by atoms with E-state index in [9.17, 15) is 9.90 Å². The molecule has 5 nitrogen and oxygen atoms in total. The summed E-state index contributed by atoms with van der Waals surface area (Å²) in [5.74, 6) is 0.597. The van der Waals surface area contributed by atoms with Crippen LogP contribution in [0.15, 0.2) is 18.2 Å². The van der Waals surface area contributed by atoms with Crippen molar-refractivity contribution in [1.82, 2.24) is 4.90 Å². The van der Waals surface area contributed by atoms with Gasteiger partial charge in [-0.3, -0.25) is 4.79 Å². The Morgan fingerprint density at radius 1 is 1.53 bits per heavy atom. The minimum Gasteiger partial charge on any atom is -0.489 e. The normalized spacial score (nSPS) is 21.5. The SMILES string of the molecule is O=C(c1cccc2c1OCCN2)N1CCC[C@H]1CO. The van der Waals surface area contributed by atoms with Crippen LogP contribution in [0.5, 0.6) is 5.75 Å². The summed E-state index contributed by atoms with van der Waals surface area (Å²) in [6, 6.07) is 5.51. The van der Waals surface area contributed by atoms with Crippen LogP contribution in [0.25, 0.3) is 0 Å². The van der Waals surface area contributed by atoms with Crippen molar-refractivity contribution in [3.05, 3.63) is 23.8 Å². The molecular formula is C14H18N2O3. The first kappa shape index (κ1) is 12.3. The van der Waals surface area contributed by atoms with Gasteiger partial charge in [0.15, 0.2) is 5.75 Å². The Balaban J connectivity index is 1.91. The summed E-state index contributed by atoms with van der Waals surface area (Å²) in [5.41, 5.74) is 1.46. The summed E-state index contributed by atoms with van der Waals surface area (Å²) >= 11 is 0. The molecule has 2 heterocycles. The van der Waals surface area contributed by atoms with Crippen molar-refractivity contribution in [3.8, 4) is 5.75 Å². The molecule has 2 aliphatic heterocycles. The van der Waals surface area contributed by atoms with Gasteiger partial charge in [-0.15, -0.1) is 0 Å². The number of nitrogens with zero attached hydrogens (tertiary/aromatic N) is 1. The lowest BCUT2D eigenvalue weighted by Gasteiger charge is -2.26. The van der Waals surface area contributed by atoms with Crippen LogP contribution in [-0.2, 0) is 0 Å². The van der Waals surface area contributed by atoms with Crippen molar-refractivity contribution in [3.63, 3.8) is 0 Å². The molecule has 0 aliphatic carbocycles. The van der Waals surface area contributed by atoms with E-state index in [0.29, 0.717) is 24.5 Å². The number of nitrogens with one attached hydrogen (secondary N) is 1. The number of carbonyl (C=O) groups excluding carboxylic acids is 1. The molecule has 0 aromatic heterocycles. The molecule has 1 atom stereocenters. The standard InChI is InChI=1S/C14H18N2O3/c17-9-10-3-2-7-16(10)14(18)11-4-1-5-12-13(11)19-8-6-15-12/h1,4-5,10,15,17H,2-3,6-9H2/t10-/m0/s1. The Morgan fingerprint density at radius 3 is 3.26 bits per heavy atom. The smallest absolute Gasteiger partial charge is 0.258 e. The maximum Gasteiger partial charge on any atom is 0.258 e. The van der Waals surface area contributed by atoms with E-state index in [4.69, 9.17) is 4.74 Å². The second kappa shape index (κ2) is 5.09. The summed E-state index contributed by atoms with van der Waals surface area (Å²) in [6.45, 7) is 2.06. The number of hydrogen-bond acceptors (Lipinski definition) is 4. The third kappa shape index (κ3) is 2.14. The number of hydrogen-bond donors (Lipinski definition) is 2. The molecule has 2 aliphatic rings. The van der Waals surface area contributed by atoms with Crippen molar-refractivity contribution < 1.29 is 14.6 Å². The Labute approximate surface area is 112 Å². The van der Waals surface area contributed by atoms with Crippen LogP contribution in [0.1, 0.15) is 23.2 Å². The van der Waals surface area contributed by atoms with Crippen LogP contribution in [0.3, 0.4) is 0 Å². The second-order valence-electron chi connectivity index (χ2n) is 4.93. The first-order valence-electron chi connectivity index (χ1n) is 6.73. The zero-order valence-electron chi connectivity index (χ0n) is 10.8. The molecule has 102 valence electrons. The zero-order valence-corrected chi connectivity index (χ0v) is 10.8.